The van der Waals surface area contributed by atoms with E-state index < -0.39 is 5.41 Å². The van der Waals surface area contributed by atoms with E-state index in [2.05, 4.69) is 72.9 Å². The molecule has 27 heavy (non-hydrogen) atoms. The molecule has 0 N–H and O–H groups in total. The minimum Gasteiger partial charge on any atom is -0.465 e. The van der Waals surface area contributed by atoms with Crippen LogP contribution in [-0.4, -0.2) is 17.1 Å². The maximum Gasteiger partial charge on any atom is 0.312 e. The third kappa shape index (κ3) is 3.67. The summed E-state index contributed by atoms with van der Waals surface area (Å²) >= 11 is 0. The molecule has 3 atom stereocenters. The zero-order chi connectivity index (χ0) is 19.5. The van der Waals surface area contributed by atoms with Crippen LogP contribution < -0.4 is 4.57 Å². The molecule has 1 aliphatic carbocycles. The van der Waals surface area contributed by atoms with Crippen LogP contribution >= 0.6 is 0 Å². The predicted octanol–water partition coefficient (Wildman–Crippen LogP) is 4.25. The lowest BCUT2D eigenvalue weighted by atomic mass is 9.80. The van der Waals surface area contributed by atoms with Crippen LogP contribution in [0, 0.1) is 10.8 Å². The highest BCUT2D eigenvalue weighted by Crippen LogP contribution is 2.71. The highest BCUT2D eigenvalue weighted by Gasteiger charge is 2.73. The van der Waals surface area contributed by atoms with Crippen molar-refractivity contribution >= 4 is 5.97 Å². The second-order valence-electron chi connectivity index (χ2n) is 8.27. The monoisotopic (exact) mass is 369 g/mol. The van der Waals surface area contributed by atoms with E-state index in [1.165, 1.54) is 5.56 Å². The number of carbonyl (C=O) groups excluding carboxylic acids is 1. The predicted molar refractivity (Wildman–Crippen MR) is 106 cm³/mol. The van der Waals surface area contributed by atoms with Crippen molar-refractivity contribution in [3.63, 3.8) is 0 Å². The molecular weight excluding hydrogens is 336 g/mol. The van der Waals surface area contributed by atoms with E-state index in [1.807, 2.05) is 13.1 Å². The van der Waals surface area contributed by atoms with Gasteiger partial charge in [0.05, 0.1) is 19.1 Å². The molecule has 3 unspecified atom stereocenters. The molecule has 0 saturated heterocycles. The Balaban J connectivity index is 1.92. The summed E-state index contributed by atoms with van der Waals surface area (Å²) < 4.78 is 10.0. The highest BCUT2D eigenvalue weighted by molar-refractivity contribution is 5.82. The maximum atomic E-state index is 13.0. The van der Waals surface area contributed by atoms with E-state index in [0.29, 0.717) is 6.61 Å². The average molecular weight is 370 g/mol. The van der Waals surface area contributed by atoms with Crippen LogP contribution in [0.25, 0.3) is 0 Å². The first kappa shape index (κ1) is 19.7. The third-order valence-electron chi connectivity index (χ3n) is 6.36. The van der Waals surface area contributed by atoms with Crippen molar-refractivity contribution in [2.75, 3.05) is 6.61 Å². The molecule has 0 bridgehead atoms. The minimum absolute atomic E-state index is 0.0261. The van der Waals surface area contributed by atoms with Gasteiger partial charge < -0.3 is 4.74 Å². The second kappa shape index (κ2) is 7.87. The molecule has 2 aromatic rings. The van der Waals surface area contributed by atoms with Crippen molar-refractivity contribution in [2.24, 2.45) is 17.9 Å². The van der Waals surface area contributed by atoms with Gasteiger partial charge in [-0.05, 0) is 38.2 Å². The Morgan fingerprint density at radius 3 is 2.63 bits per heavy atom. The van der Waals surface area contributed by atoms with Crippen molar-refractivity contribution in [2.45, 2.75) is 58.9 Å². The first-order valence-corrected chi connectivity index (χ1v) is 10.2. The number of benzene rings is 1. The molecule has 1 saturated carbocycles. The van der Waals surface area contributed by atoms with Crippen LogP contribution in [0.4, 0.5) is 0 Å². The Labute approximate surface area is 163 Å². The third-order valence-corrected chi connectivity index (χ3v) is 6.36. The topological polar surface area (TPSA) is 35.1 Å². The number of hydrogen-bond donors (Lipinski definition) is 0. The minimum atomic E-state index is -0.430. The molecule has 3 rings (SSSR count). The van der Waals surface area contributed by atoms with Crippen molar-refractivity contribution < 1.29 is 14.1 Å². The van der Waals surface area contributed by atoms with Gasteiger partial charge in [0.15, 0.2) is 0 Å². The van der Waals surface area contributed by atoms with Crippen LogP contribution in [0.15, 0.2) is 49.1 Å². The average Bonchev–Trinajstić information content (AvgIpc) is 3.03. The van der Waals surface area contributed by atoms with Gasteiger partial charge >= 0.3 is 5.97 Å². The molecule has 1 aliphatic rings. The number of esters is 1. The zero-order valence-corrected chi connectivity index (χ0v) is 17.1. The van der Waals surface area contributed by atoms with Gasteiger partial charge in [0.1, 0.15) is 18.4 Å². The first-order chi connectivity index (χ1) is 13.0. The first-order valence-electron chi connectivity index (χ1n) is 10.2. The maximum absolute atomic E-state index is 13.0. The summed E-state index contributed by atoms with van der Waals surface area (Å²) in [5, 5.41) is 0. The quantitative estimate of drug-likeness (QED) is 0.376. The van der Waals surface area contributed by atoms with E-state index in [9.17, 15) is 4.79 Å². The number of rotatable bonds is 9. The molecule has 1 aromatic heterocycles. The van der Waals surface area contributed by atoms with Crippen molar-refractivity contribution in [3.8, 4) is 0 Å². The fourth-order valence-electron chi connectivity index (χ4n) is 4.69. The zero-order valence-electron chi connectivity index (χ0n) is 17.1. The number of aromatic nitrogens is 2. The number of unbranched alkanes of at least 4 members (excludes halogenated alkanes) is 1. The molecule has 0 amide bonds. The van der Waals surface area contributed by atoms with E-state index >= 15 is 0 Å². The van der Waals surface area contributed by atoms with Crippen molar-refractivity contribution in [1.29, 1.82) is 0 Å². The number of imidazole rings is 1. The lowest BCUT2D eigenvalue weighted by Crippen LogP contribution is -2.33. The normalized spacial score (nSPS) is 25.2. The van der Waals surface area contributed by atoms with E-state index in [-0.39, 0.29) is 17.4 Å². The number of nitrogens with zero attached hydrogens (tertiary/aromatic N) is 2. The lowest BCUT2D eigenvalue weighted by molar-refractivity contribution is -0.671. The number of carbonyl (C=O) groups is 1. The summed E-state index contributed by atoms with van der Waals surface area (Å²) in [5.41, 5.74) is 0.746. The standard InChI is InChI=1S/C23H33N2O2/c1-5-7-15-27-21(26)22(3)17-23(22,16-19-11-9-8-10-12-19)20(6-2)25-14-13-24(4)18-25/h8-14,18,20H,5-7,15-17H2,1-4H3/q+1. The number of aryl methyl sites for hydroxylation is 1. The molecule has 0 aliphatic heterocycles. The highest BCUT2D eigenvalue weighted by atomic mass is 16.5. The smallest absolute Gasteiger partial charge is 0.312 e. The number of ether oxygens (including phenoxy) is 1. The molecule has 1 heterocycles. The van der Waals surface area contributed by atoms with Gasteiger partial charge in [-0.25, -0.2) is 9.13 Å². The SMILES string of the molecule is CCCCOC(=O)C1(C)CC1(Cc1ccccc1)C(CC)n1cc[n+](C)c1. The molecular formula is C23H33N2O2+. The molecule has 4 nitrogen and oxygen atoms in total. The Morgan fingerprint density at radius 2 is 2.04 bits per heavy atom. The van der Waals surface area contributed by atoms with Gasteiger partial charge in [-0.2, -0.15) is 0 Å². The Hall–Kier alpha value is -2.10. The second-order valence-corrected chi connectivity index (χ2v) is 8.27. The molecule has 1 fully saturated rings. The molecule has 146 valence electrons. The molecule has 0 spiro atoms. The van der Waals surface area contributed by atoms with Crippen LogP contribution in [0.5, 0.6) is 0 Å². The summed E-state index contributed by atoms with van der Waals surface area (Å²) in [6.07, 6.45) is 11.0. The van der Waals surface area contributed by atoms with E-state index in [0.717, 1.165) is 32.1 Å². The largest absolute Gasteiger partial charge is 0.465 e. The van der Waals surface area contributed by atoms with Crippen molar-refractivity contribution in [3.05, 3.63) is 54.6 Å². The van der Waals surface area contributed by atoms with Crippen LogP contribution in [0.2, 0.25) is 0 Å². The Bertz CT molecular complexity index is 770. The summed E-state index contributed by atoms with van der Waals surface area (Å²) in [5.74, 6) is -0.0261. The van der Waals surface area contributed by atoms with Crippen LogP contribution in [-0.2, 0) is 23.0 Å². The Morgan fingerprint density at radius 1 is 1.30 bits per heavy atom. The van der Waals surface area contributed by atoms with E-state index in [4.69, 9.17) is 4.74 Å². The van der Waals surface area contributed by atoms with Crippen molar-refractivity contribution in [1.82, 2.24) is 4.57 Å². The van der Waals surface area contributed by atoms with Gasteiger partial charge in [-0.15, -0.1) is 0 Å². The summed E-state index contributed by atoms with van der Waals surface area (Å²) in [6, 6.07) is 10.8. The fourth-order valence-corrected chi connectivity index (χ4v) is 4.69. The molecule has 4 heteroatoms. The lowest BCUT2D eigenvalue weighted by Gasteiger charge is -2.28. The summed E-state index contributed by atoms with van der Waals surface area (Å²) in [6.45, 7) is 6.97. The fraction of sp³-hybridized carbons (Fsp3) is 0.565. The number of hydrogen-bond acceptors (Lipinski definition) is 2. The summed E-state index contributed by atoms with van der Waals surface area (Å²) in [7, 11) is 2.04. The van der Waals surface area contributed by atoms with Gasteiger partial charge in [-0.1, -0.05) is 50.6 Å². The van der Waals surface area contributed by atoms with Crippen LogP contribution in [0.3, 0.4) is 0 Å². The molecule has 0 radical (unpaired) electrons. The van der Waals surface area contributed by atoms with Gasteiger partial charge in [0.25, 0.3) is 0 Å². The van der Waals surface area contributed by atoms with E-state index in [1.54, 1.807) is 0 Å². The summed E-state index contributed by atoms with van der Waals surface area (Å²) in [4.78, 5) is 13.0. The van der Waals surface area contributed by atoms with Gasteiger partial charge in [0.2, 0.25) is 6.33 Å². The van der Waals surface area contributed by atoms with Gasteiger partial charge in [-0.3, -0.25) is 4.79 Å². The Kier molecular flexibility index (Phi) is 5.73. The molecule has 1 aromatic carbocycles. The van der Waals surface area contributed by atoms with Gasteiger partial charge in [0, 0.05) is 5.41 Å². The van der Waals surface area contributed by atoms with Crippen LogP contribution in [0.1, 0.15) is 58.1 Å².